The van der Waals surface area contributed by atoms with Crippen LogP contribution in [0.4, 0.5) is 16.2 Å². The highest BCUT2D eigenvalue weighted by atomic mass is 19.1. The lowest BCUT2D eigenvalue weighted by molar-refractivity contribution is 0.404. The monoisotopic (exact) mass is 419 g/mol. The lowest BCUT2D eigenvalue weighted by Crippen LogP contribution is -2.02. The summed E-state index contributed by atoms with van der Waals surface area (Å²) in [5.41, 5.74) is 2.52. The molecule has 0 spiro atoms. The van der Waals surface area contributed by atoms with Crippen molar-refractivity contribution in [2.75, 3.05) is 38.9 Å². The van der Waals surface area contributed by atoms with Crippen LogP contribution in [0.5, 0.6) is 11.5 Å². The van der Waals surface area contributed by atoms with Crippen LogP contribution in [-0.4, -0.2) is 43.3 Å². The second kappa shape index (κ2) is 8.43. The lowest BCUT2D eigenvalue weighted by Gasteiger charge is -2.15. The van der Waals surface area contributed by atoms with E-state index in [-0.39, 0.29) is 5.82 Å². The number of hydrogen-bond acceptors (Lipinski definition) is 7. The molecule has 0 amide bonds. The SMILES string of the molecule is CNc1ncc2cc(-c3cccc(-c4cc(OC)ccc4OC)c3F)c(NC)nc2n1. The van der Waals surface area contributed by atoms with Gasteiger partial charge in [-0.1, -0.05) is 18.2 Å². The predicted octanol–water partition coefficient (Wildman–Crippen LogP) is 4.60. The summed E-state index contributed by atoms with van der Waals surface area (Å²) in [5.74, 6) is 1.76. The van der Waals surface area contributed by atoms with E-state index in [1.54, 1.807) is 70.9 Å². The van der Waals surface area contributed by atoms with E-state index in [1.807, 2.05) is 6.07 Å². The summed E-state index contributed by atoms with van der Waals surface area (Å²) in [6.07, 6.45) is 1.66. The predicted molar refractivity (Wildman–Crippen MR) is 120 cm³/mol. The highest BCUT2D eigenvalue weighted by Gasteiger charge is 2.19. The molecule has 0 saturated heterocycles. The maximum atomic E-state index is 15.8. The van der Waals surface area contributed by atoms with Gasteiger partial charge in [-0.25, -0.2) is 14.4 Å². The van der Waals surface area contributed by atoms with Crippen LogP contribution in [-0.2, 0) is 0 Å². The Morgan fingerprint density at radius 2 is 1.61 bits per heavy atom. The first kappa shape index (κ1) is 20.3. The number of fused-ring (bicyclic) bond motifs is 1. The van der Waals surface area contributed by atoms with Crippen LogP contribution >= 0.6 is 0 Å². The molecule has 8 heteroatoms. The van der Waals surface area contributed by atoms with E-state index >= 15 is 4.39 Å². The number of hydrogen-bond donors (Lipinski definition) is 2. The molecule has 0 radical (unpaired) electrons. The fourth-order valence-corrected chi connectivity index (χ4v) is 3.45. The molecule has 0 bridgehead atoms. The molecule has 4 aromatic rings. The van der Waals surface area contributed by atoms with E-state index < -0.39 is 0 Å². The molecule has 0 saturated carbocycles. The first-order valence-corrected chi connectivity index (χ1v) is 9.64. The number of methoxy groups -OCH3 is 2. The lowest BCUT2D eigenvalue weighted by atomic mass is 9.97. The van der Waals surface area contributed by atoms with E-state index in [4.69, 9.17) is 9.47 Å². The third-order valence-electron chi connectivity index (χ3n) is 5.01. The van der Waals surface area contributed by atoms with Crippen molar-refractivity contribution in [1.82, 2.24) is 15.0 Å². The quantitative estimate of drug-likeness (QED) is 0.473. The number of anilines is 2. The van der Waals surface area contributed by atoms with Gasteiger partial charge in [0.25, 0.3) is 0 Å². The van der Waals surface area contributed by atoms with Crippen molar-refractivity contribution in [1.29, 1.82) is 0 Å². The fraction of sp³-hybridized carbons (Fsp3) is 0.174. The van der Waals surface area contributed by atoms with Crippen molar-refractivity contribution in [2.24, 2.45) is 0 Å². The molecule has 158 valence electrons. The van der Waals surface area contributed by atoms with Crippen LogP contribution in [0.25, 0.3) is 33.3 Å². The molecule has 0 aliphatic carbocycles. The molecule has 0 atom stereocenters. The third-order valence-corrected chi connectivity index (χ3v) is 5.01. The number of nitrogens with one attached hydrogen (secondary N) is 2. The van der Waals surface area contributed by atoms with Gasteiger partial charge in [0.1, 0.15) is 23.1 Å². The molecule has 2 aromatic heterocycles. The summed E-state index contributed by atoms with van der Waals surface area (Å²) in [5, 5.41) is 6.65. The van der Waals surface area contributed by atoms with Crippen LogP contribution in [0.15, 0.2) is 48.7 Å². The van der Waals surface area contributed by atoms with Crippen LogP contribution in [0.1, 0.15) is 0 Å². The normalized spacial score (nSPS) is 10.7. The summed E-state index contributed by atoms with van der Waals surface area (Å²) in [4.78, 5) is 13.2. The van der Waals surface area contributed by atoms with Gasteiger partial charge in [-0.2, -0.15) is 4.98 Å². The van der Waals surface area contributed by atoms with Gasteiger partial charge in [-0.05, 0) is 24.3 Å². The molecule has 0 aliphatic rings. The largest absolute Gasteiger partial charge is 0.497 e. The molecule has 2 N–H and O–H groups in total. The van der Waals surface area contributed by atoms with E-state index in [1.165, 1.54) is 0 Å². The molecule has 31 heavy (non-hydrogen) atoms. The zero-order chi connectivity index (χ0) is 22.0. The van der Waals surface area contributed by atoms with Crippen molar-refractivity contribution in [2.45, 2.75) is 0 Å². The van der Waals surface area contributed by atoms with E-state index in [0.29, 0.717) is 56.6 Å². The Labute approximate surface area is 179 Å². The van der Waals surface area contributed by atoms with Gasteiger partial charge in [0.05, 0.1) is 14.2 Å². The number of halogens is 1. The third kappa shape index (κ3) is 3.68. The number of benzene rings is 2. The Bertz CT molecular complexity index is 1260. The van der Waals surface area contributed by atoms with Crippen molar-refractivity contribution in [3.63, 3.8) is 0 Å². The molecular weight excluding hydrogens is 397 g/mol. The molecule has 2 heterocycles. The smallest absolute Gasteiger partial charge is 0.224 e. The standard InChI is InChI=1S/C23H22FN5O2/c1-25-22-18(10-13-12-27-23(26-2)29-21(13)28-22)16-7-5-6-15(20(16)24)17-11-14(30-3)8-9-19(17)31-4/h5-12H,1-4H3,(H2,25,26,27,28,29). The molecule has 0 fully saturated rings. The molecule has 2 aromatic carbocycles. The Morgan fingerprint density at radius 3 is 2.29 bits per heavy atom. The summed E-state index contributed by atoms with van der Waals surface area (Å²) in [7, 11) is 6.60. The first-order valence-electron chi connectivity index (χ1n) is 9.64. The maximum absolute atomic E-state index is 15.8. The fourth-order valence-electron chi connectivity index (χ4n) is 3.45. The average molecular weight is 419 g/mol. The van der Waals surface area contributed by atoms with Crippen LogP contribution in [0.3, 0.4) is 0 Å². The minimum absolute atomic E-state index is 0.389. The Hall–Kier alpha value is -3.94. The zero-order valence-electron chi connectivity index (χ0n) is 17.7. The molecule has 4 rings (SSSR count). The number of aromatic nitrogens is 3. The van der Waals surface area contributed by atoms with Crippen molar-refractivity contribution < 1.29 is 13.9 Å². The summed E-state index contributed by atoms with van der Waals surface area (Å²) in [6, 6.07) is 12.4. The van der Waals surface area contributed by atoms with E-state index in [9.17, 15) is 0 Å². The van der Waals surface area contributed by atoms with Gasteiger partial charge in [-0.15, -0.1) is 0 Å². The number of ether oxygens (including phenoxy) is 2. The first-order chi connectivity index (χ1) is 15.1. The van der Waals surface area contributed by atoms with Crippen LogP contribution in [0, 0.1) is 5.82 Å². The topological polar surface area (TPSA) is 81.2 Å². The average Bonchev–Trinajstić information content (AvgIpc) is 2.82. The van der Waals surface area contributed by atoms with E-state index in [0.717, 1.165) is 0 Å². The highest BCUT2D eigenvalue weighted by Crippen LogP contribution is 2.39. The molecular formula is C23H22FN5O2. The van der Waals surface area contributed by atoms with Gasteiger partial charge in [0.15, 0.2) is 5.65 Å². The minimum Gasteiger partial charge on any atom is -0.497 e. The minimum atomic E-state index is -0.389. The van der Waals surface area contributed by atoms with Gasteiger partial charge >= 0.3 is 0 Å². The Morgan fingerprint density at radius 1 is 0.839 bits per heavy atom. The summed E-state index contributed by atoms with van der Waals surface area (Å²) >= 11 is 0. The maximum Gasteiger partial charge on any atom is 0.224 e. The molecule has 7 nitrogen and oxygen atoms in total. The summed E-state index contributed by atoms with van der Waals surface area (Å²) in [6.45, 7) is 0. The van der Waals surface area contributed by atoms with Gasteiger partial charge in [-0.3, -0.25) is 0 Å². The van der Waals surface area contributed by atoms with Crippen molar-refractivity contribution in [3.05, 3.63) is 54.5 Å². The highest BCUT2D eigenvalue weighted by molar-refractivity contribution is 5.89. The molecule has 0 aliphatic heterocycles. The van der Waals surface area contributed by atoms with Gasteiger partial charge < -0.3 is 20.1 Å². The van der Waals surface area contributed by atoms with Gasteiger partial charge in [0, 0.05) is 47.9 Å². The van der Waals surface area contributed by atoms with E-state index in [2.05, 4.69) is 25.6 Å². The van der Waals surface area contributed by atoms with Crippen molar-refractivity contribution in [3.8, 4) is 33.8 Å². The molecule has 0 unspecified atom stereocenters. The van der Waals surface area contributed by atoms with Gasteiger partial charge in [0.2, 0.25) is 5.95 Å². The van der Waals surface area contributed by atoms with Crippen molar-refractivity contribution >= 4 is 22.8 Å². The van der Waals surface area contributed by atoms with Crippen LogP contribution < -0.4 is 20.1 Å². The Kier molecular flexibility index (Phi) is 5.53. The summed E-state index contributed by atoms with van der Waals surface area (Å²) < 4.78 is 26.6. The second-order valence-corrected chi connectivity index (χ2v) is 6.72. The Balaban J connectivity index is 1.92. The number of pyridine rings is 1. The number of nitrogens with zero attached hydrogens (tertiary/aromatic N) is 3. The number of rotatable bonds is 6. The zero-order valence-corrected chi connectivity index (χ0v) is 17.7. The second-order valence-electron chi connectivity index (χ2n) is 6.72. The van der Waals surface area contributed by atoms with Crippen LogP contribution in [0.2, 0.25) is 0 Å².